The summed E-state index contributed by atoms with van der Waals surface area (Å²) >= 11 is 0. The standard InChI is InChI=1S/C12H17N3O.ClH/c1-10-5-6-12(16)11(15-10)9-14-8-4-2-3-7-13;/h5-6,14,16H,2-4,8-9H2,1H3;1H. The Bertz CT molecular complexity index is 377. The van der Waals surface area contributed by atoms with Crippen molar-refractivity contribution >= 4 is 12.4 Å². The van der Waals surface area contributed by atoms with Crippen molar-refractivity contribution < 1.29 is 5.11 Å². The summed E-state index contributed by atoms with van der Waals surface area (Å²) in [4.78, 5) is 4.24. The average Bonchev–Trinajstić information content (AvgIpc) is 2.28. The molecule has 0 radical (unpaired) electrons. The van der Waals surface area contributed by atoms with Crippen LogP contribution in [0, 0.1) is 18.3 Å². The van der Waals surface area contributed by atoms with E-state index >= 15 is 0 Å². The number of hydrogen-bond donors (Lipinski definition) is 2. The third-order valence-electron chi connectivity index (χ3n) is 2.27. The van der Waals surface area contributed by atoms with Gasteiger partial charge in [-0.05, 0) is 38.4 Å². The second-order valence-electron chi connectivity index (χ2n) is 3.71. The summed E-state index contributed by atoms with van der Waals surface area (Å²) in [6, 6.07) is 5.56. The van der Waals surface area contributed by atoms with E-state index in [1.807, 2.05) is 6.92 Å². The molecule has 5 heteroatoms. The molecule has 0 fully saturated rings. The molecule has 0 saturated carbocycles. The van der Waals surface area contributed by atoms with Gasteiger partial charge in [-0.3, -0.25) is 4.98 Å². The number of nitriles is 1. The molecule has 0 atom stereocenters. The largest absolute Gasteiger partial charge is 0.506 e. The summed E-state index contributed by atoms with van der Waals surface area (Å²) in [6.07, 6.45) is 2.49. The Kier molecular flexibility index (Phi) is 8.12. The molecular formula is C12H18ClN3O. The summed E-state index contributed by atoms with van der Waals surface area (Å²) in [6.45, 7) is 3.31. The van der Waals surface area contributed by atoms with Crippen molar-refractivity contribution in [1.29, 1.82) is 5.26 Å². The molecule has 94 valence electrons. The van der Waals surface area contributed by atoms with Crippen LogP contribution < -0.4 is 5.32 Å². The fourth-order valence-electron chi connectivity index (χ4n) is 1.39. The van der Waals surface area contributed by atoms with Crippen LogP contribution in [0.2, 0.25) is 0 Å². The van der Waals surface area contributed by atoms with Gasteiger partial charge < -0.3 is 10.4 Å². The van der Waals surface area contributed by atoms with Crippen LogP contribution in [0.4, 0.5) is 0 Å². The molecule has 1 rings (SSSR count). The molecule has 4 nitrogen and oxygen atoms in total. The molecule has 0 saturated heterocycles. The summed E-state index contributed by atoms with van der Waals surface area (Å²) in [5.74, 6) is 0.232. The molecule has 0 amide bonds. The van der Waals surface area contributed by atoms with E-state index < -0.39 is 0 Å². The minimum atomic E-state index is 0. The zero-order valence-corrected chi connectivity index (χ0v) is 10.8. The lowest BCUT2D eigenvalue weighted by Gasteiger charge is -2.06. The third-order valence-corrected chi connectivity index (χ3v) is 2.27. The van der Waals surface area contributed by atoms with Crippen molar-refractivity contribution in [2.75, 3.05) is 6.54 Å². The smallest absolute Gasteiger partial charge is 0.138 e. The maximum absolute atomic E-state index is 9.53. The van der Waals surface area contributed by atoms with Crippen LogP contribution in [0.25, 0.3) is 0 Å². The first-order valence-corrected chi connectivity index (χ1v) is 5.47. The summed E-state index contributed by atoms with van der Waals surface area (Å²) in [5, 5.41) is 21.1. The van der Waals surface area contributed by atoms with Gasteiger partial charge in [0.15, 0.2) is 0 Å². The van der Waals surface area contributed by atoms with Crippen LogP contribution in [0.1, 0.15) is 30.7 Å². The third kappa shape index (κ3) is 6.10. The number of aromatic nitrogens is 1. The van der Waals surface area contributed by atoms with Crippen LogP contribution in [0.3, 0.4) is 0 Å². The molecule has 1 aromatic heterocycles. The highest BCUT2D eigenvalue weighted by Crippen LogP contribution is 2.13. The number of unbranched alkanes of at least 4 members (excludes halogenated alkanes) is 2. The summed E-state index contributed by atoms with van der Waals surface area (Å²) in [5.41, 5.74) is 1.58. The van der Waals surface area contributed by atoms with Crippen molar-refractivity contribution in [3.8, 4) is 11.8 Å². The van der Waals surface area contributed by atoms with Crippen molar-refractivity contribution in [2.24, 2.45) is 0 Å². The van der Waals surface area contributed by atoms with Crippen LogP contribution in [0.15, 0.2) is 12.1 Å². The quantitative estimate of drug-likeness (QED) is 0.766. The van der Waals surface area contributed by atoms with Gasteiger partial charge in [0.05, 0.1) is 11.8 Å². The number of nitrogens with one attached hydrogen (secondary N) is 1. The highest BCUT2D eigenvalue weighted by atomic mass is 35.5. The predicted molar refractivity (Wildman–Crippen MR) is 69.1 cm³/mol. The second-order valence-corrected chi connectivity index (χ2v) is 3.71. The molecule has 0 unspecified atom stereocenters. The molecule has 2 N–H and O–H groups in total. The van der Waals surface area contributed by atoms with Gasteiger partial charge in [0.25, 0.3) is 0 Å². The highest BCUT2D eigenvalue weighted by Gasteiger charge is 2.01. The minimum Gasteiger partial charge on any atom is -0.506 e. The molecule has 1 aromatic rings. The Morgan fingerprint density at radius 1 is 1.41 bits per heavy atom. The SMILES string of the molecule is Cc1ccc(O)c(CNCCCCC#N)n1.Cl. The van der Waals surface area contributed by atoms with Crippen LogP contribution in [-0.4, -0.2) is 16.6 Å². The fourth-order valence-corrected chi connectivity index (χ4v) is 1.39. The molecule has 0 aliphatic heterocycles. The van der Waals surface area contributed by atoms with Gasteiger partial charge in [0.1, 0.15) is 5.75 Å². The molecule has 0 aromatic carbocycles. The van der Waals surface area contributed by atoms with Crippen molar-refractivity contribution in [2.45, 2.75) is 32.7 Å². The van der Waals surface area contributed by atoms with Crippen molar-refractivity contribution in [3.05, 3.63) is 23.5 Å². The fraction of sp³-hybridized carbons (Fsp3) is 0.500. The van der Waals surface area contributed by atoms with E-state index in [-0.39, 0.29) is 18.2 Å². The van der Waals surface area contributed by atoms with E-state index in [2.05, 4.69) is 16.4 Å². The van der Waals surface area contributed by atoms with Crippen LogP contribution >= 0.6 is 12.4 Å². The number of rotatable bonds is 6. The van der Waals surface area contributed by atoms with E-state index in [0.29, 0.717) is 18.7 Å². The Balaban J connectivity index is 0.00000256. The molecule has 0 aliphatic rings. The van der Waals surface area contributed by atoms with E-state index in [1.165, 1.54) is 0 Å². The lowest BCUT2D eigenvalue weighted by Crippen LogP contribution is -2.15. The summed E-state index contributed by atoms with van der Waals surface area (Å²) < 4.78 is 0. The van der Waals surface area contributed by atoms with Crippen LogP contribution in [-0.2, 0) is 6.54 Å². The normalized spacial score (nSPS) is 9.41. The number of nitrogens with zero attached hydrogens (tertiary/aromatic N) is 2. The topological polar surface area (TPSA) is 68.9 Å². The lowest BCUT2D eigenvalue weighted by atomic mass is 10.2. The zero-order valence-electron chi connectivity index (χ0n) is 9.94. The first kappa shape index (κ1) is 15.7. The Morgan fingerprint density at radius 2 is 2.18 bits per heavy atom. The van der Waals surface area contributed by atoms with E-state index in [4.69, 9.17) is 5.26 Å². The Morgan fingerprint density at radius 3 is 2.88 bits per heavy atom. The van der Waals surface area contributed by atoms with Gasteiger partial charge in [-0.1, -0.05) is 0 Å². The first-order valence-electron chi connectivity index (χ1n) is 5.47. The summed E-state index contributed by atoms with van der Waals surface area (Å²) in [7, 11) is 0. The molecule has 1 heterocycles. The lowest BCUT2D eigenvalue weighted by molar-refractivity contribution is 0.458. The van der Waals surface area contributed by atoms with Gasteiger partial charge in [-0.2, -0.15) is 5.26 Å². The average molecular weight is 256 g/mol. The maximum atomic E-state index is 9.53. The van der Waals surface area contributed by atoms with Gasteiger partial charge in [0, 0.05) is 18.7 Å². The van der Waals surface area contributed by atoms with Gasteiger partial charge in [-0.15, -0.1) is 12.4 Å². The van der Waals surface area contributed by atoms with Gasteiger partial charge in [0.2, 0.25) is 0 Å². The number of hydrogen-bond acceptors (Lipinski definition) is 4. The molecule has 0 spiro atoms. The molecule has 17 heavy (non-hydrogen) atoms. The number of aryl methyl sites for hydroxylation is 1. The molecule has 0 bridgehead atoms. The predicted octanol–water partition coefficient (Wildman–Crippen LogP) is 2.30. The van der Waals surface area contributed by atoms with Crippen LogP contribution in [0.5, 0.6) is 5.75 Å². The van der Waals surface area contributed by atoms with Crippen molar-refractivity contribution in [1.82, 2.24) is 10.3 Å². The van der Waals surface area contributed by atoms with E-state index in [0.717, 1.165) is 25.1 Å². The minimum absolute atomic E-state index is 0. The van der Waals surface area contributed by atoms with E-state index in [9.17, 15) is 5.11 Å². The Labute approximate surface area is 108 Å². The van der Waals surface area contributed by atoms with Gasteiger partial charge >= 0.3 is 0 Å². The number of aromatic hydroxyl groups is 1. The highest BCUT2D eigenvalue weighted by molar-refractivity contribution is 5.85. The van der Waals surface area contributed by atoms with Gasteiger partial charge in [-0.25, -0.2) is 0 Å². The maximum Gasteiger partial charge on any atom is 0.138 e. The number of pyridine rings is 1. The molecule has 0 aliphatic carbocycles. The van der Waals surface area contributed by atoms with Crippen molar-refractivity contribution in [3.63, 3.8) is 0 Å². The molecular weight excluding hydrogens is 238 g/mol. The van der Waals surface area contributed by atoms with E-state index in [1.54, 1.807) is 12.1 Å². The first-order chi connectivity index (χ1) is 7.74. The monoisotopic (exact) mass is 255 g/mol. The number of halogens is 1. The second kappa shape index (κ2) is 8.80. The zero-order chi connectivity index (χ0) is 11.8. The Hall–Kier alpha value is -1.31.